The first kappa shape index (κ1) is 17.0. The minimum absolute atomic E-state index is 0.0146. The summed E-state index contributed by atoms with van der Waals surface area (Å²) in [4.78, 5) is 22.9. The van der Waals surface area contributed by atoms with Crippen molar-refractivity contribution < 1.29 is 29.6 Å². The highest BCUT2D eigenvalue weighted by molar-refractivity contribution is 5.85. The van der Waals surface area contributed by atoms with Gasteiger partial charge in [-0.2, -0.15) is 0 Å². The van der Waals surface area contributed by atoms with Crippen molar-refractivity contribution in [1.29, 1.82) is 0 Å². The molecule has 0 unspecified atom stereocenters. The van der Waals surface area contributed by atoms with Crippen molar-refractivity contribution in [3.05, 3.63) is 29.8 Å². The van der Waals surface area contributed by atoms with Crippen LogP contribution in [0, 0.1) is 5.92 Å². The number of benzene rings is 1. The number of phenolic OH excluding ortho intramolecular Hbond substituents is 1. The minimum atomic E-state index is -1.82. The number of aromatic hydroxyl groups is 1. The molecule has 1 aromatic rings. The molecule has 21 heavy (non-hydrogen) atoms. The van der Waals surface area contributed by atoms with Gasteiger partial charge >= 0.3 is 11.9 Å². The van der Waals surface area contributed by atoms with Gasteiger partial charge in [-0.25, -0.2) is 4.79 Å². The van der Waals surface area contributed by atoms with E-state index in [0.717, 1.165) is 0 Å². The van der Waals surface area contributed by atoms with Gasteiger partial charge < -0.3 is 20.1 Å². The zero-order chi connectivity index (χ0) is 16.0. The van der Waals surface area contributed by atoms with Crippen LogP contribution in [0.25, 0.3) is 0 Å². The maximum Gasteiger partial charge on any atom is 0.336 e. The third-order valence-corrected chi connectivity index (χ3v) is 3.63. The zero-order valence-electron chi connectivity index (χ0n) is 12.1. The summed E-state index contributed by atoms with van der Waals surface area (Å²) in [7, 11) is 0. The van der Waals surface area contributed by atoms with Crippen molar-refractivity contribution in [2.24, 2.45) is 5.92 Å². The Morgan fingerprint density at radius 3 is 2.29 bits per heavy atom. The Kier molecular flexibility index (Phi) is 5.72. The number of hydrogen-bond acceptors (Lipinski definition) is 4. The number of phenols is 1. The Balaban J connectivity index is 3.06. The SMILES string of the molecule is CC[C@@H](C(=O)O)[C@@](CC)(OCc1ccccc1O)C(=O)O. The smallest absolute Gasteiger partial charge is 0.336 e. The Labute approximate surface area is 123 Å². The molecular formula is C15H20O6. The van der Waals surface area contributed by atoms with E-state index in [4.69, 9.17) is 4.74 Å². The second-order valence-corrected chi connectivity index (χ2v) is 4.76. The van der Waals surface area contributed by atoms with Crippen molar-refractivity contribution in [2.75, 3.05) is 0 Å². The first-order chi connectivity index (χ1) is 9.89. The highest BCUT2D eigenvalue weighted by Crippen LogP contribution is 2.32. The van der Waals surface area contributed by atoms with Gasteiger partial charge in [-0.3, -0.25) is 4.79 Å². The molecule has 0 aliphatic heterocycles. The van der Waals surface area contributed by atoms with E-state index in [0.29, 0.717) is 5.56 Å². The standard InChI is InChI=1S/C15H20O6/c1-3-11(13(17)18)15(4-2,14(19)20)21-9-10-7-5-6-8-12(10)16/h5-8,11,16H,3-4,9H2,1-2H3,(H,17,18)(H,19,20)/t11-,15+/m0/s1. The molecule has 0 radical (unpaired) electrons. The van der Waals surface area contributed by atoms with Gasteiger partial charge in [0.25, 0.3) is 0 Å². The van der Waals surface area contributed by atoms with E-state index in [9.17, 15) is 24.9 Å². The minimum Gasteiger partial charge on any atom is -0.508 e. The van der Waals surface area contributed by atoms with Gasteiger partial charge in [0.15, 0.2) is 5.60 Å². The highest BCUT2D eigenvalue weighted by Gasteiger charge is 2.48. The number of hydrogen-bond donors (Lipinski definition) is 3. The third-order valence-electron chi connectivity index (χ3n) is 3.63. The molecule has 0 bridgehead atoms. The molecular weight excluding hydrogens is 276 g/mol. The number of ether oxygens (including phenoxy) is 1. The Hall–Kier alpha value is -2.08. The molecule has 1 rings (SSSR count). The molecule has 0 aromatic heterocycles. The van der Waals surface area contributed by atoms with E-state index in [-0.39, 0.29) is 25.2 Å². The summed E-state index contributed by atoms with van der Waals surface area (Å²) in [6, 6.07) is 6.37. The monoisotopic (exact) mass is 296 g/mol. The lowest BCUT2D eigenvalue weighted by Crippen LogP contribution is -2.50. The van der Waals surface area contributed by atoms with Gasteiger partial charge in [-0.15, -0.1) is 0 Å². The lowest BCUT2D eigenvalue weighted by atomic mass is 9.82. The fourth-order valence-electron chi connectivity index (χ4n) is 2.35. The van der Waals surface area contributed by atoms with Crippen LogP contribution in [0.1, 0.15) is 32.3 Å². The first-order valence-electron chi connectivity index (χ1n) is 6.76. The van der Waals surface area contributed by atoms with Crippen LogP contribution < -0.4 is 0 Å². The number of carboxylic acids is 2. The molecule has 0 fully saturated rings. The third kappa shape index (κ3) is 3.52. The molecule has 0 saturated heterocycles. The summed E-state index contributed by atoms with van der Waals surface area (Å²) in [5, 5.41) is 28.4. The molecule has 6 nitrogen and oxygen atoms in total. The van der Waals surface area contributed by atoms with Gasteiger partial charge in [0.2, 0.25) is 0 Å². The molecule has 2 atom stereocenters. The molecule has 6 heteroatoms. The van der Waals surface area contributed by atoms with Gasteiger partial charge in [-0.1, -0.05) is 32.0 Å². The lowest BCUT2D eigenvalue weighted by molar-refractivity contribution is -0.187. The number of aliphatic carboxylic acids is 2. The Bertz CT molecular complexity index is 513. The average Bonchev–Trinajstić information content (AvgIpc) is 2.44. The summed E-state index contributed by atoms with van der Waals surface area (Å²) >= 11 is 0. The normalized spacial score (nSPS) is 15.1. The first-order valence-corrected chi connectivity index (χ1v) is 6.76. The van der Waals surface area contributed by atoms with E-state index in [2.05, 4.69) is 0 Å². The summed E-state index contributed by atoms with van der Waals surface area (Å²) in [5.74, 6) is -3.70. The predicted molar refractivity (Wildman–Crippen MR) is 75.0 cm³/mol. The van der Waals surface area contributed by atoms with E-state index in [1.165, 1.54) is 6.07 Å². The van der Waals surface area contributed by atoms with Crippen molar-refractivity contribution >= 4 is 11.9 Å². The van der Waals surface area contributed by atoms with Gasteiger partial charge in [0.05, 0.1) is 12.5 Å². The lowest BCUT2D eigenvalue weighted by Gasteiger charge is -2.33. The van der Waals surface area contributed by atoms with Crippen LogP contribution in [0.4, 0.5) is 0 Å². The number of rotatable bonds is 8. The fraction of sp³-hybridized carbons (Fsp3) is 0.467. The second-order valence-electron chi connectivity index (χ2n) is 4.76. The van der Waals surface area contributed by atoms with Crippen molar-refractivity contribution in [3.63, 3.8) is 0 Å². The summed E-state index contributed by atoms with van der Waals surface area (Å²) in [6.07, 6.45) is 0.150. The van der Waals surface area contributed by atoms with Crippen molar-refractivity contribution in [3.8, 4) is 5.75 Å². The second kappa shape index (κ2) is 7.08. The van der Waals surface area contributed by atoms with E-state index in [1.54, 1.807) is 32.0 Å². The quantitative estimate of drug-likeness (QED) is 0.679. The number of carbonyl (C=O) groups is 2. The van der Waals surface area contributed by atoms with E-state index in [1.807, 2.05) is 0 Å². The predicted octanol–water partition coefficient (Wildman–Crippen LogP) is 2.25. The van der Waals surface area contributed by atoms with Crippen LogP contribution in [0.3, 0.4) is 0 Å². The van der Waals surface area contributed by atoms with Crippen molar-refractivity contribution in [1.82, 2.24) is 0 Å². The largest absolute Gasteiger partial charge is 0.508 e. The maximum absolute atomic E-state index is 11.6. The van der Waals surface area contributed by atoms with Crippen LogP contribution in [-0.4, -0.2) is 32.9 Å². The van der Waals surface area contributed by atoms with Crippen LogP contribution in [0.5, 0.6) is 5.75 Å². The molecule has 0 aliphatic carbocycles. The average molecular weight is 296 g/mol. The van der Waals surface area contributed by atoms with E-state index >= 15 is 0 Å². The molecule has 0 aliphatic rings. The molecule has 0 saturated carbocycles. The summed E-state index contributed by atoms with van der Waals surface area (Å²) in [6.45, 7) is 3.01. The summed E-state index contributed by atoms with van der Waals surface area (Å²) in [5.41, 5.74) is -1.40. The topological polar surface area (TPSA) is 104 Å². The fourth-order valence-corrected chi connectivity index (χ4v) is 2.35. The van der Waals surface area contributed by atoms with Gasteiger partial charge in [0, 0.05) is 5.56 Å². The van der Waals surface area contributed by atoms with Crippen LogP contribution in [0.2, 0.25) is 0 Å². The number of para-hydroxylation sites is 1. The van der Waals surface area contributed by atoms with Crippen LogP contribution >= 0.6 is 0 Å². The molecule has 116 valence electrons. The Morgan fingerprint density at radius 1 is 1.24 bits per heavy atom. The van der Waals surface area contributed by atoms with E-state index < -0.39 is 23.5 Å². The molecule has 0 spiro atoms. The molecule has 0 heterocycles. The number of carboxylic acid groups (broad SMARTS) is 2. The van der Waals surface area contributed by atoms with Crippen LogP contribution in [0.15, 0.2) is 24.3 Å². The van der Waals surface area contributed by atoms with Crippen molar-refractivity contribution in [2.45, 2.75) is 38.9 Å². The molecule has 1 aromatic carbocycles. The maximum atomic E-state index is 11.6. The molecule has 0 amide bonds. The zero-order valence-corrected chi connectivity index (χ0v) is 12.1. The Morgan fingerprint density at radius 2 is 1.86 bits per heavy atom. The molecule has 3 N–H and O–H groups in total. The highest BCUT2D eigenvalue weighted by atomic mass is 16.5. The van der Waals surface area contributed by atoms with Gasteiger partial charge in [-0.05, 0) is 18.9 Å². The van der Waals surface area contributed by atoms with Gasteiger partial charge in [0.1, 0.15) is 5.75 Å². The van der Waals surface area contributed by atoms with Crippen LogP contribution in [-0.2, 0) is 20.9 Å². The summed E-state index contributed by atoms with van der Waals surface area (Å²) < 4.78 is 5.48.